The molecular formula is C30H28FN3O8. The van der Waals surface area contributed by atoms with Crippen molar-refractivity contribution in [2.24, 2.45) is 0 Å². The van der Waals surface area contributed by atoms with E-state index in [2.05, 4.69) is 4.90 Å². The molecule has 0 radical (unpaired) electrons. The number of morpholine rings is 1. The van der Waals surface area contributed by atoms with Gasteiger partial charge in [0.15, 0.2) is 11.5 Å². The van der Waals surface area contributed by atoms with Gasteiger partial charge in [0.05, 0.1) is 37.0 Å². The van der Waals surface area contributed by atoms with Gasteiger partial charge in [-0.2, -0.15) is 0 Å². The molecule has 11 nitrogen and oxygen atoms in total. The van der Waals surface area contributed by atoms with E-state index in [4.69, 9.17) is 18.9 Å². The number of amides is 1. The van der Waals surface area contributed by atoms with Crippen molar-refractivity contribution in [2.75, 3.05) is 51.4 Å². The molecule has 42 heavy (non-hydrogen) atoms. The quantitative estimate of drug-likeness (QED) is 0.117. The molecule has 0 aromatic heterocycles. The minimum atomic E-state index is -0.652. The van der Waals surface area contributed by atoms with Gasteiger partial charge in [-0.05, 0) is 54.1 Å². The first-order valence-electron chi connectivity index (χ1n) is 13.2. The molecule has 2 heterocycles. The number of nitrogens with zero attached hydrogens (tertiary/aromatic N) is 3. The lowest BCUT2D eigenvalue weighted by molar-refractivity contribution is -0.385. The summed E-state index contributed by atoms with van der Waals surface area (Å²) in [5, 5.41) is 11.6. The number of benzene rings is 3. The molecule has 0 aliphatic carbocycles. The molecule has 0 unspecified atom stereocenters. The maximum atomic E-state index is 14.3. The monoisotopic (exact) mass is 577 g/mol. The van der Waals surface area contributed by atoms with Gasteiger partial charge in [0, 0.05) is 44.2 Å². The summed E-state index contributed by atoms with van der Waals surface area (Å²) >= 11 is 0. The Morgan fingerprint density at radius 1 is 1.05 bits per heavy atom. The smallest absolute Gasteiger partial charge is 0.315 e. The van der Waals surface area contributed by atoms with Crippen LogP contribution in [0.4, 0.5) is 15.8 Å². The van der Waals surface area contributed by atoms with Gasteiger partial charge in [-0.1, -0.05) is 6.07 Å². The highest BCUT2D eigenvalue weighted by molar-refractivity contribution is 6.35. The summed E-state index contributed by atoms with van der Waals surface area (Å²) in [6.45, 7) is 5.16. The van der Waals surface area contributed by atoms with E-state index in [1.807, 2.05) is 0 Å². The number of ether oxygens (including phenoxy) is 4. The number of nitro benzene ring substituents is 1. The number of halogens is 1. The van der Waals surface area contributed by atoms with Crippen molar-refractivity contribution in [3.63, 3.8) is 0 Å². The van der Waals surface area contributed by atoms with Gasteiger partial charge >= 0.3 is 11.7 Å². The van der Waals surface area contributed by atoms with Crippen molar-refractivity contribution in [1.82, 2.24) is 4.90 Å². The second kappa shape index (κ2) is 12.4. The topological polar surface area (TPSA) is 121 Å². The maximum absolute atomic E-state index is 14.3. The number of nitro groups is 1. The standard InChI is InChI=1S/C30H28FN3O8/c1-19(35)41-22-5-8-27(26(18-22)34(37)38)42-28-7-3-20(16-29(28)39-2)15-24-23-17-21(31)4-6-25(23)33(30(24)36)10-9-32-11-13-40-14-12-32/h3-8,15-18H,9-14H2,1-2H3. The van der Waals surface area contributed by atoms with Crippen LogP contribution in [0.25, 0.3) is 11.6 Å². The molecule has 2 aliphatic rings. The van der Waals surface area contributed by atoms with Crippen LogP contribution < -0.4 is 19.1 Å². The lowest BCUT2D eigenvalue weighted by Gasteiger charge is -2.28. The van der Waals surface area contributed by atoms with Crippen LogP contribution in [0, 0.1) is 15.9 Å². The molecule has 0 atom stereocenters. The molecule has 12 heteroatoms. The molecule has 0 saturated carbocycles. The van der Waals surface area contributed by atoms with Gasteiger partial charge in [-0.25, -0.2) is 4.39 Å². The van der Waals surface area contributed by atoms with Crippen LogP contribution in [0.1, 0.15) is 18.1 Å². The number of fused-ring (bicyclic) bond motifs is 1. The summed E-state index contributed by atoms with van der Waals surface area (Å²) < 4.78 is 35.9. The number of rotatable bonds is 9. The first-order valence-corrected chi connectivity index (χ1v) is 13.2. The van der Waals surface area contributed by atoms with E-state index in [0.717, 1.165) is 19.2 Å². The highest BCUT2D eigenvalue weighted by Crippen LogP contribution is 2.41. The van der Waals surface area contributed by atoms with Gasteiger partial charge in [-0.3, -0.25) is 24.6 Å². The lowest BCUT2D eigenvalue weighted by Crippen LogP contribution is -2.42. The van der Waals surface area contributed by atoms with Crippen LogP contribution in [0.2, 0.25) is 0 Å². The average molecular weight is 578 g/mol. The van der Waals surface area contributed by atoms with E-state index < -0.39 is 22.4 Å². The van der Waals surface area contributed by atoms with Crippen molar-refractivity contribution >= 4 is 34.9 Å². The van der Waals surface area contributed by atoms with E-state index >= 15 is 0 Å². The van der Waals surface area contributed by atoms with Crippen molar-refractivity contribution in [3.05, 3.63) is 81.7 Å². The van der Waals surface area contributed by atoms with Gasteiger partial charge in [-0.15, -0.1) is 0 Å². The number of anilines is 1. The van der Waals surface area contributed by atoms with Crippen LogP contribution in [-0.4, -0.2) is 68.2 Å². The zero-order valence-electron chi connectivity index (χ0n) is 23.0. The highest BCUT2D eigenvalue weighted by atomic mass is 19.1. The Kier molecular flexibility index (Phi) is 8.46. The fourth-order valence-corrected chi connectivity index (χ4v) is 4.86. The number of carbonyl (C=O) groups excluding carboxylic acids is 2. The Morgan fingerprint density at radius 2 is 1.81 bits per heavy atom. The van der Waals surface area contributed by atoms with Crippen molar-refractivity contribution in [3.8, 4) is 23.0 Å². The van der Waals surface area contributed by atoms with Crippen molar-refractivity contribution in [1.29, 1.82) is 0 Å². The predicted molar refractivity (Wildman–Crippen MR) is 151 cm³/mol. The number of methoxy groups -OCH3 is 1. The van der Waals surface area contributed by atoms with E-state index in [0.29, 0.717) is 48.7 Å². The molecule has 1 fully saturated rings. The molecule has 218 valence electrons. The van der Waals surface area contributed by atoms with Crippen LogP contribution in [0.3, 0.4) is 0 Å². The third kappa shape index (κ3) is 6.24. The van der Waals surface area contributed by atoms with Gasteiger partial charge in [0.1, 0.15) is 11.6 Å². The molecule has 1 amide bonds. The Labute approximate surface area is 240 Å². The van der Waals surface area contributed by atoms with Gasteiger partial charge in [0.2, 0.25) is 5.75 Å². The molecule has 0 spiro atoms. The summed E-state index contributed by atoms with van der Waals surface area (Å²) in [5.74, 6) is -0.970. The minimum Gasteiger partial charge on any atom is -0.493 e. The van der Waals surface area contributed by atoms with E-state index in [-0.39, 0.29) is 28.9 Å². The zero-order valence-corrected chi connectivity index (χ0v) is 23.0. The fourth-order valence-electron chi connectivity index (χ4n) is 4.86. The van der Waals surface area contributed by atoms with Gasteiger partial charge in [0.25, 0.3) is 5.91 Å². The third-order valence-corrected chi connectivity index (χ3v) is 6.87. The average Bonchev–Trinajstić information content (AvgIpc) is 3.22. The van der Waals surface area contributed by atoms with Crippen molar-refractivity contribution in [2.45, 2.75) is 6.92 Å². The number of hydrogen-bond donors (Lipinski definition) is 0. The van der Waals surface area contributed by atoms with Gasteiger partial charge < -0.3 is 23.8 Å². The van der Waals surface area contributed by atoms with Crippen LogP contribution >= 0.6 is 0 Å². The summed E-state index contributed by atoms with van der Waals surface area (Å²) in [5.41, 5.74) is 1.63. The fraction of sp³-hybridized carbons (Fsp3) is 0.267. The summed E-state index contributed by atoms with van der Waals surface area (Å²) in [4.78, 5) is 39.7. The summed E-state index contributed by atoms with van der Waals surface area (Å²) in [7, 11) is 1.41. The SMILES string of the molecule is COc1cc(C=C2C(=O)N(CCN3CCOCC3)c3ccc(F)cc32)ccc1Oc1ccc(OC(C)=O)cc1[N+](=O)[O-]. The Bertz CT molecular complexity index is 1570. The molecule has 3 aromatic rings. The first-order chi connectivity index (χ1) is 20.2. The van der Waals surface area contributed by atoms with E-state index in [1.54, 1.807) is 35.2 Å². The predicted octanol–water partition coefficient (Wildman–Crippen LogP) is 4.68. The second-order valence-corrected chi connectivity index (χ2v) is 9.62. The van der Waals surface area contributed by atoms with Crippen molar-refractivity contribution < 1.29 is 37.9 Å². The van der Waals surface area contributed by atoms with Crippen LogP contribution in [-0.2, 0) is 14.3 Å². The molecular weight excluding hydrogens is 549 g/mol. The summed E-state index contributed by atoms with van der Waals surface area (Å²) in [6, 6.07) is 12.9. The summed E-state index contributed by atoms with van der Waals surface area (Å²) in [6.07, 6.45) is 1.65. The van der Waals surface area contributed by atoms with Crippen LogP contribution in [0.15, 0.2) is 54.6 Å². The number of hydrogen-bond acceptors (Lipinski definition) is 9. The normalized spacial score (nSPS) is 15.9. The lowest BCUT2D eigenvalue weighted by atomic mass is 10.0. The van der Waals surface area contributed by atoms with E-state index in [1.165, 1.54) is 38.3 Å². The number of esters is 1. The minimum absolute atomic E-state index is 0.00688. The van der Waals surface area contributed by atoms with E-state index in [9.17, 15) is 24.1 Å². The molecule has 5 rings (SSSR count). The Morgan fingerprint density at radius 3 is 2.52 bits per heavy atom. The molecule has 0 bridgehead atoms. The second-order valence-electron chi connectivity index (χ2n) is 9.62. The molecule has 1 saturated heterocycles. The largest absolute Gasteiger partial charge is 0.493 e. The molecule has 0 N–H and O–H groups in total. The number of carbonyl (C=O) groups is 2. The molecule has 3 aromatic carbocycles. The first kappa shape index (κ1) is 28.7. The maximum Gasteiger partial charge on any atom is 0.315 e. The zero-order chi connectivity index (χ0) is 29.8. The Hall–Kier alpha value is -4.81. The third-order valence-electron chi connectivity index (χ3n) is 6.87. The molecule has 2 aliphatic heterocycles. The Balaban J connectivity index is 1.42. The highest BCUT2D eigenvalue weighted by Gasteiger charge is 2.33. The van der Waals surface area contributed by atoms with Crippen LogP contribution in [0.5, 0.6) is 23.0 Å².